The van der Waals surface area contributed by atoms with E-state index in [4.69, 9.17) is 5.84 Å². The Hall–Kier alpha value is -0.910. The predicted octanol–water partition coefficient (Wildman–Crippen LogP) is 1.14. The second-order valence-corrected chi connectivity index (χ2v) is 5.13. The summed E-state index contributed by atoms with van der Waals surface area (Å²) < 4.78 is 2.16. The lowest BCUT2D eigenvalue weighted by atomic mass is 9.93. The van der Waals surface area contributed by atoms with Gasteiger partial charge in [-0.05, 0) is 34.4 Å². The van der Waals surface area contributed by atoms with Gasteiger partial charge in [-0.2, -0.15) is 0 Å². The lowest BCUT2D eigenvalue weighted by molar-refractivity contribution is 0.131. The SMILES string of the molecule is CCCn1ccnc1C(NN)C(C)(C)N(C)C. The van der Waals surface area contributed by atoms with Gasteiger partial charge in [0.1, 0.15) is 5.82 Å². The number of rotatable bonds is 6. The Balaban J connectivity index is 3.05. The summed E-state index contributed by atoms with van der Waals surface area (Å²) in [6.07, 6.45) is 4.93. The Morgan fingerprint density at radius 3 is 2.65 bits per heavy atom. The fraction of sp³-hybridized carbons (Fsp3) is 0.750. The van der Waals surface area contributed by atoms with E-state index in [1.807, 2.05) is 12.4 Å². The second kappa shape index (κ2) is 5.62. The average Bonchev–Trinajstić information content (AvgIpc) is 2.67. The summed E-state index contributed by atoms with van der Waals surface area (Å²) in [5.41, 5.74) is 2.79. The van der Waals surface area contributed by atoms with Crippen LogP contribution >= 0.6 is 0 Å². The number of hydrazine groups is 1. The molecule has 1 aromatic heterocycles. The van der Waals surface area contributed by atoms with Crippen LogP contribution in [0.4, 0.5) is 0 Å². The van der Waals surface area contributed by atoms with Crippen LogP contribution in [0.15, 0.2) is 12.4 Å². The minimum absolute atomic E-state index is 0.000880. The summed E-state index contributed by atoms with van der Waals surface area (Å²) in [5, 5.41) is 0. The zero-order valence-electron chi connectivity index (χ0n) is 11.6. The van der Waals surface area contributed by atoms with Gasteiger partial charge in [-0.25, -0.2) is 10.4 Å². The first-order chi connectivity index (χ1) is 7.95. The van der Waals surface area contributed by atoms with Crippen LogP contribution in [0.1, 0.15) is 39.1 Å². The number of hydrogen-bond acceptors (Lipinski definition) is 4. The van der Waals surface area contributed by atoms with Crippen molar-refractivity contribution in [3.05, 3.63) is 18.2 Å². The van der Waals surface area contributed by atoms with Crippen molar-refractivity contribution in [3.8, 4) is 0 Å². The van der Waals surface area contributed by atoms with Crippen LogP contribution in [0, 0.1) is 0 Å². The third-order valence-electron chi connectivity index (χ3n) is 3.50. The van der Waals surface area contributed by atoms with E-state index in [1.54, 1.807) is 0 Å². The maximum Gasteiger partial charge on any atom is 0.129 e. The van der Waals surface area contributed by atoms with Crippen LogP contribution in [-0.2, 0) is 6.54 Å². The van der Waals surface area contributed by atoms with E-state index in [1.165, 1.54) is 0 Å². The average molecular weight is 239 g/mol. The maximum absolute atomic E-state index is 5.72. The number of aromatic nitrogens is 2. The molecule has 0 saturated heterocycles. The molecule has 0 aromatic carbocycles. The van der Waals surface area contributed by atoms with Crippen LogP contribution in [0.5, 0.6) is 0 Å². The van der Waals surface area contributed by atoms with Gasteiger partial charge in [0.05, 0.1) is 6.04 Å². The van der Waals surface area contributed by atoms with E-state index in [-0.39, 0.29) is 11.6 Å². The normalized spacial score (nSPS) is 14.3. The highest BCUT2D eigenvalue weighted by atomic mass is 15.3. The molecule has 1 aromatic rings. The molecule has 5 nitrogen and oxygen atoms in total. The van der Waals surface area contributed by atoms with E-state index in [2.05, 4.69) is 54.7 Å². The van der Waals surface area contributed by atoms with Crippen LogP contribution in [0.25, 0.3) is 0 Å². The Bertz CT molecular complexity index is 342. The highest BCUT2D eigenvalue weighted by Crippen LogP contribution is 2.27. The lowest BCUT2D eigenvalue weighted by Gasteiger charge is -2.39. The van der Waals surface area contributed by atoms with Crippen molar-refractivity contribution in [2.75, 3.05) is 14.1 Å². The summed E-state index contributed by atoms with van der Waals surface area (Å²) in [7, 11) is 4.11. The van der Waals surface area contributed by atoms with Gasteiger partial charge in [0, 0.05) is 24.5 Å². The van der Waals surface area contributed by atoms with Gasteiger partial charge in [-0.3, -0.25) is 5.84 Å². The van der Waals surface area contributed by atoms with Crippen molar-refractivity contribution in [1.82, 2.24) is 19.9 Å². The number of likely N-dealkylation sites (N-methyl/N-ethyl adjacent to an activating group) is 1. The summed E-state index contributed by atoms with van der Waals surface area (Å²) >= 11 is 0. The molecule has 0 saturated carbocycles. The van der Waals surface area contributed by atoms with Crippen LogP contribution < -0.4 is 11.3 Å². The molecule has 3 N–H and O–H groups in total. The molecule has 1 unspecified atom stereocenters. The van der Waals surface area contributed by atoms with Crippen LogP contribution in [-0.4, -0.2) is 34.1 Å². The first-order valence-corrected chi connectivity index (χ1v) is 6.09. The van der Waals surface area contributed by atoms with Gasteiger partial charge in [0.15, 0.2) is 0 Å². The summed E-state index contributed by atoms with van der Waals surface area (Å²) in [5.74, 6) is 6.72. The molecule has 98 valence electrons. The highest BCUT2D eigenvalue weighted by molar-refractivity contribution is 5.07. The molecule has 5 heteroatoms. The second-order valence-electron chi connectivity index (χ2n) is 5.13. The molecule has 0 aliphatic heterocycles. The molecule has 1 rings (SSSR count). The van der Waals surface area contributed by atoms with E-state index in [9.17, 15) is 0 Å². The molecule has 0 aliphatic rings. The molecule has 0 amide bonds. The lowest BCUT2D eigenvalue weighted by Crippen LogP contribution is -2.52. The maximum atomic E-state index is 5.72. The van der Waals surface area contributed by atoms with E-state index >= 15 is 0 Å². The number of imidazole rings is 1. The van der Waals surface area contributed by atoms with Crippen LogP contribution in [0.2, 0.25) is 0 Å². The van der Waals surface area contributed by atoms with Gasteiger partial charge < -0.3 is 9.47 Å². The molecule has 0 spiro atoms. The van der Waals surface area contributed by atoms with Gasteiger partial charge in [-0.1, -0.05) is 6.92 Å². The molecule has 17 heavy (non-hydrogen) atoms. The number of nitrogens with zero attached hydrogens (tertiary/aromatic N) is 3. The Labute approximate surface area is 104 Å². The van der Waals surface area contributed by atoms with Crippen molar-refractivity contribution in [2.24, 2.45) is 5.84 Å². The van der Waals surface area contributed by atoms with Crippen molar-refractivity contribution < 1.29 is 0 Å². The van der Waals surface area contributed by atoms with E-state index in [0.717, 1.165) is 18.8 Å². The summed E-state index contributed by atoms with van der Waals surface area (Å²) in [4.78, 5) is 6.60. The van der Waals surface area contributed by atoms with Gasteiger partial charge in [-0.15, -0.1) is 0 Å². The quantitative estimate of drug-likeness (QED) is 0.577. The van der Waals surface area contributed by atoms with E-state index < -0.39 is 0 Å². The van der Waals surface area contributed by atoms with Gasteiger partial charge in [0.2, 0.25) is 0 Å². The number of aryl methyl sites for hydroxylation is 1. The topological polar surface area (TPSA) is 59.1 Å². The largest absolute Gasteiger partial charge is 0.334 e. The van der Waals surface area contributed by atoms with Gasteiger partial charge >= 0.3 is 0 Å². The minimum Gasteiger partial charge on any atom is -0.334 e. The number of nitrogens with two attached hydrogens (primary N) is 1. The first-order valence-electron chi connectivity index (χ1n) is 6.09. The zero-order valence-corrected chi connectivity index (χ0v) is 11.6. The summed E-state index contributed by atoms with van der Waals surface area (Å²) in [6.45, 7) is 7.44. The number of nitrogens with one attached hydrogen (secondary N) is 1. The molecular formula is C12H25N5. The Kier molecular flexibility index (Phi) is 4.68. The zero-order chi connectivity index (χ0) is 13.1. The molecule has 1 atom stereocenters. The van der Waals surface area contributed by atoms with Gasteiger partial charge in [0.25, 0.3) is 0 Å². The van der Waals surface area contributed by atoms with E-state index in [0.29, 0.717) is 0 Å². The Morgan fingerprint density at radius 1 is 1.53 bits per heavy atom. The van der Waals surface area contributed by atoms with Crippen LogP contribution in [0.3, 0.4) is 0 Å². The standard InChI is InChI=1S/C12H25N5/c1-6-8-17-9-7-14-11(17)10(15-13)12(2,3)16(4)5/h7,9-10,15H,6,8,13H2,1-5H3. The molecule has 1 heterocycles. The highest BCUT2D eigenvalue weighted by Gasteiger charge is 2.34. The van der Waals surface area contributed by atoms with Crippen molar-refractivity contribution in [2.45, 2.75) is 45.3 Å². The predicted molar refractivity (Wildman–Crippen MR) is 70.3 cm³/mol. The van der Waals surface area contributed by atoms with Crippen molar-refractivity contribution in [3.63, 3.8) is 0 Å². The Morgan fingerprint density at radius 2 is 2.18 bits per heavy atom. The fourth-order valence-electron chi connectivity index (χ4n) is 1.86. The third-order valence-corrected chi connectivity index (χ3v) is 3.50. The minimum atomic E-state index is -0.106. The molecular weight excluding hydrogens is 214 g/mol. The smallest absolute Gasteiger partial charge is 0.129 e. The monoisotopic (exact) mass is 239 g/mol. The third kappa shape index (κ3) is 2.86. The molecule has 0 bridgehead atoms. The molecule has 0 aliphatic carbocycles. The summed E-state index contributed by atoms with van der Waals surface area (Å²) in [6, 6.07) is -0.000880. The molecule has 0 radical (unpaired) electrons. The molecule has 0 fully saturated rings. The first kappa shape index (κ1) is 14.2. The number of hydrogen-bond donors (Lipinski definition) is 2. The fourth-order valence-corrected chi connectivity index (χ4v) is 1.86. The van der Waals surface area contributed by atoms with Crippen molar-refractivity contribution in [1.29, 1.82) is 0 Å². The van der Waals surface area contributed by atoms with Crippen molar-refractivity contribution >= 4 is 0 Å².